The highest BCUT2D eigenvalue weighted by molar-refractivity contribution is 7.92. The van der Waals surface area contributed by atoms with E-state index < -0.39 is 33.5 Å². The Bertz CT molecular complexity index is 1570. The van der Waals surface area contributed by atoms with Crippen LogP contribution in [0.15, 0.2) is 49.2 Å². The Morgan fingerprint density at radius 3 is 2.40 bits per heavy atom. The molecular formula is C30H39FN4O6S. The van der Waals surface area contributed by atoms with Crippen LogP contribution in [-0.2, 0) is 24.3 Å². The molecule has 3 aromatic rings. The summed E-state index contributed by atoms with van der Waals surface area (Å²) in [7, 11) is -3.89. The first-order chi connectivity index (χ1) is 19.5. The van der Waals surface area contributed by atoms with Crippen molar-refractivity contribution in [3.05, 3.63) is 66.1 Å². The van der Waals surface area contributed by atoms with Gasteiger partial charge in [-0.1, -0.05) is 6.08 Å². The van der Waals surface area contributed by atoms with Crippen LogP contribution in [0, 0.1) is 12.7 Å². The second kappa shape index (κ2) is 11.7. The van der Waals surface area contributed by atoms with E-state index in [9.17, 15) is 22.7 Å². The maximum atomic E-state index is 13.7. The number of fused-ring (bicyclic) bond motifs is 1. The van der Waals surface area contributed by atoms with Crippen molar-refractivity contribution in [1.29, 1.82) is 0 Å². The number of hydrogen-bond donors (Lipinski definition) is 1. The third-order valence-corrected chi connectivity index (χ3v) is 8.25. The second-order valence-electron chi connectivity index (χ2n) is 11.9. The molecule has 228 valence electrons. The SMILES string of the molecule is C=CCOC1(C)CCN(c2c([C@H](OC(C)(C)C)C(=O)O)c(C)cc3nc(N(c4ccc(F)cc4)S(C)(=O)=O)cn23)CC1. The lowest BCUT2D eigenvalue weighted by Gasteiger charge is -2.41. The fourth-order valence-electron chi connectivity index (χ4n) is 5.23. The topological polar surface area (TPSA) is 114 Å². The van der Waals surface area contributed by atoms with E-state index >= 15 is 0 Å². The van der Waals surface area contributed by atoms with Crippen molar-refractivity contribution in [3.8, 4) is 0 Å². The third kappa shape index (κ3) is 6.77. The molecule has 1 atom stereocenters. The smallest absolute Gasteiger partial charge is 0.337 e. The van der Waals surface area contributed by atoms with Crippen molar-refractivity contribution in [2.75, 3.05) is 35.2 Å². The molecule has 1 aromatic carbocycles. The Morgan fingerprint density at radius 2 is 1.88 bits per heavy atom. The lowest BCUT2D eigenvalue weighted by Crippen LogP contribution is -2.45. The Morgan fingerprint density at radius 1 is 1.26 bits per heavy atom. The van der Waals surface area contributed by atoms with Crippen molar-refractivity contribution in [2.24, 2.45) is 0 Å². The normalized spacial score (nSPS) is 16.4. The van der Waals surface area contributed by atoms with Gasteiger partial charge >= 0.3 is 5.97 Å². The largest absolute Gasteiger partial charge is 0.479 e. The maximum Gasteiger partial charge on any atom is 0.337 e. The summed E-state index contributed by atoms with van der Waals surface area (Å²) in [4.78, 5) is 19.4. The van der Waals surface area contributed by atoms with Crippen molar-refractivity contribution in [3.63, 3.8) is 0 Å². The van der Waals surface area contributed by atoms with Gasteiger partial charge in [-0.15, -0.1) is 6.58 Å². The molecule has 0 unspecified atom stereocenters. The van der Waals surface area contributed by atoms with Crippen LogP contribution in [0.25, 0.3) is 5.65 Å². The molecule has 0 aliphatic carbocycles. The molecule has 0 bridgehead atoms. The minimum absolute atomic E-state index is 0.0849. The summed E-state index contributed by atoms with van der Waals surface area (Å²) in [5.41, 5.74) is 0.586. The lowest BCUT2D eigenvalue weighted by molar-refractivity contribution is -0.160. The van der Waals surface area contributed by atoms with Gasteiger partial charge in [0.2, 0.25) is 10.0 Å². The maximum absolute atomic E-state index is 13.7. The number of carboxylic acid groups (broad SMARTS) is 1. The van der Waals surface area contributed by atoms with Gasteiger partial charge in [-0.3, -0.25) is 4.40 Å². The molecule has 0 spiro atoms. The van der Waals surface area contributed by atoms with Crippen LogP contribution in [0.3, 0.4) is 0 Å². The number of anilines is 3. The number of rotatable bonds is 10. The number of aryl methyl sites for hydroxylation is 1. The molecule has 1 aliphatic heterocycles. The van der Waals surface area contributed by atoms with Gasteiger partial charge in [0.05, 0.1) is 35.9 Å². The molecule has 12 heteroatoms. The van der Waals surface area contributed by atoms with Gasteiger partial charge in [0, 0.05) is 18.7 Å². The highest BCUT2D eigenvalue weighted by atomic mass is 32.2. The zero-order valence-electron chi connectivity index (χ0n) is 24.9. The standard InChI is InChI=1S/C30H39FN4O6S/c1-8-17-40-30(6)13-15-33(16-14-30)27-25(26(28(36)37)41-29(3,4)5)20(2)18-23-32-24(19-34(23)27)35(42(7,38)39)22-11-9-21(31)10-12-22/h8-12,18-19,26H,1,13-17H2,2-7H3,(H,36,37)/t26-/m0/s1. The quantitative estimate of drug-likeness (QED) is 0.308. The first kappa shape index (κ1) is 31.5. The fourth-order valence-corrected chi connectivity index (χ4v) is 6.16. The number of imidazole rings is 1. The Hall–Kier alpha value is -3.48. The molecule has 3 heterocycles. The van der Waals surface area contributed by atoms with Gasteiger partial charge in [-0.2, -0.15) is 0 Å². The van der Waals surface area contributed by atoms with Crippen LogP contribution >= 0.6 is 0 Å². The van der Waals surface area contributed by atoms with Crippen molar-refractivity contribution >= 4 is 39.0 Å². The van der Waals surface area contributed by atoms with Crippen molar-refractivity contribution in [1.82, 2.24) is 9.38 Å². The van der Waals surface area contributed by atoms with Gasteiger partial charge < -0.3 is 19.5 Å². The summed E-state index contributed by atoms with van der Waals surface area (Å²) in [6.07, 6.45) is 4.35. The van der Waals surface area contributed by atoms with Gasteiger partial charge in [0.15, 0.2) is 11.9 Å². The summed E-state index contributed by atoms with van der Waals surface area (Å²) in [6, 6.07) is 6.81. The van der Waals surface area contributed by atoms with Crippen molar-refractivity contribution < 1.29 is 32.2 Å². The van der Waals surface area contributed by atoms with Gasteiger partial charge in [-0.25, -0.2) is 26.9 Å². The van der Waals surface area contributed by atoms with Crippen LogP contribution in [0.5, 0.6) is 0 Å². The van der Waals surface area contributed by atoms with Crippen LogP contribution in [0.1, 0.15) is 57.8 Å². The summed E-state index contributed by atoms with van der Waals surface area (Å²) in [5.74, 6) is -1.01. The number of benzene rings is 1. The molecule has 10 nitrogen and oxygen atoms in total. The molecule has 0 amide bonds. The van der Waals surface area contributed by atoms with Crippen LogP contribution < -0.4 is 9.21 Å². The third-order valence-electron chi connectivity index (χ3n) is 7.19. The molecular weight excluding hydrogens is 563 g/mol. The lowest BCUT2D eigenvalue weighted by atomic mass is 9.92. The minimum Gasteiger partial charge on any atom is -0.479 e. The minimum atomic E-state index is -3.89. The number of sulfonamides is 1. The highest BCUT2D eigenvalue weighted by Crippen LogP contribution is 2.40. The van der Waals surface area contributed by atoms with Gasteiger partial charge in [0.1, 0.15) is 17.3 Å². The number of pyridine rings is 1. The Labute approximate surface area is 246 Å². The summed E-state index contributed by atoms with van der Waals surface area (Å²) < 4.78 is 54.5. The zero-order valence-corrected chi connectivity index (χ0v) is 25.7. The Balaban J connectivity index is 1.93. The summed E-state index contributed by atoms with van der Waals surface area (Å²) in [6.45, 7) is 14.5. The Kier molecular flexibility index (Phi) is 8.73. The van der Waals surface area contributed by atoms with Crippen molar-refractivity contribution in [2.45, 2.75) is 64.8 Å². The molecule has 2 aromatic heterocycles. The van der Waals surface area contributed by atoms with E-state index in [1.807, 2.05) is 6.92 Å². The first-order valence-electron chi connectivity index (χ1n) is 13.7. The van der Waals surface area contributed by atoms with Crippen LogP contribution in [0.4, 0.5) is 21.7 Å². The number of aliphatic carboxylic acids is 1. The number of carbonyl (C=O) groups is 1. The number of piperidine rings is 1. The predicted molar refractivity (Wildman–Crippen MR) is 161 cm³/mol. The average Bonchev–Trinajstić information content (AvgIpc) is 3.28. The molecule has 1 fully saturated rings. The second-order valence-corrected chi connectivity index (χ2v) is 13.7. The average molecular weight is 603 g/mol. The number of carboxylic acids is 1. The summed E-state index contributed by atoms with van der Waals surface area (Å²) in [5, 5.41) is 10.3. The first-order valence-corrected chi connectivity index (χ1v) is 15.6. The van der Waals surface area contributed by atoms with E-state index in [0.717, 1.165) is 10.6 Å². The van der Waals surface area contributed by atoms with E-state index in [0.29, 0.717) is 55.1 Å². The zero-order chi connectivity index (χ0) is 31.0. The number of halogens is 1. The van der Waals surface area contributed by atoms with Gasteiger partial charge in [-0.05, 0) is 83.4 Å². The predicted octanol–water partition coefficient (Wildman–Crippen LogP) is 5.38. The van der Waals surface area contributed by atoms with E-state index in [1.165, 1.54) is 24.3 Å². The molecule has 0 saturated carbocycles. The molecule has 1 saturated heterocycles. The number of nitrogens with zero attached hydrogens (tertiary/aromatic N) is 4. The molecule has 1 N–H and O–H groups in total. The number of hydrogen-bond acceptors (Lipinski definition) is 7. The van der Waals surface area contributed by atoms with Gasteiger partial charge in [0.25, 0.3) is 0 Å². The molecule has 0 radical (unpaired) electrons. The highest BCUT2D eigenvalue weighted by Gasteiger charge is 2.37. The fraction of sp³-hybridized carbons (Fsp3) is 0.467. The molecule has 1 aliphatic rings. The number of ether oxygens (including phenoxy) is 2. The van der Waals surface area contributed by atoms with E-state index in [1.54, 1.807) is 50.4 Å². The molecule has 42 heavy (non-hydrogen) atoms. The number of aromatic nitrogens is 2. The molecule has 4 rings (SSSR count). The van der Waals surface area contributed by atoms with Crippen LogP contribution in [0.2, 0.25) is 0 Å². The monoisotopic (exact) mass is 602 g/mol. The van der Waals surface area contributed by atoms with E-state index in [4.69, 9.17) is 9.47 Å². The van der Waals surface area contributed by atoms with Crippen LogP contribution in [-0.4, -0.2) is 66.0 Å². The van der Waals surface area contributed by atoms with E-state index in [-0.39, 0.29) is 17.1 Å². The van der Waals surface area contributed by atoms with E-state index in [2.05, 4.69) is 16.5 Å². The summed E-state index contributed by atoms with van der Waals surface area (Å²) >= 11 is 0.